The van der Waals surface area contributed by atoms with E-state index in [1.54, 1.807) is 0 Å². The molecule has 1 aliphatic heterocycles. The molecule has 1 saturated carbocycles. The first kappa shape index (κ1) is 8.48. The van der Waals surface area contributed by atoms with Crippen LogP contribution < -0.4 is 0 Å². The molecule has 3 nitrogen and oxygen atoms in total. The summed E-state index contributed by atoms with van der Waals surface area (Å²) in [6.07, 6.45) is 2.33. The van der Waals surface area contributed by atoms with Gasteiger partial charge in [-0.05, 0) is 12.3 Å². The minimum Gasteiger partial charge on any atom is -0.393 e. The molecule has 70 valence electrons. The van der Waals surface area contributed by atoms with Gasteiger partial charge in [0.2, 0.25) is 0 Å². The molecule has 1 spiro atoms. The van der Waals surface area contributed by atoms with Crippen LogP contribution in [-0.4, -0.2) is 30.2 Å². The quantitative estimate of drug-likeness (QED) is 0.590. The SMILES string of the molecule is CC1CC2(CC[C@@H]1O)OCCO2. The summed E-state index contributed by atoms with van der Waals surface area (Å²) >= 11 is 0. The Morgan fingerprint density at radius 2 is 2.00 bits per heavy atom. The fraction of sp³-hybridized carbons (Fsp3) is 1.00. The highest BCUT2D eigenvalue weighted by atomic mass is 16.7. The van der Waals surface area contributed by atoms with E-state index in [4.69, 9.17) is 9.47 Å². The van der Waals surface area contributed by atoms with E-state index < -0.39 is 0 Å². The maximum absolute atomic E-state index is 9.51. The third-order valence-electron chi connectivity index (χ3n) is 2.92. The minimum atomic E-state index is -0.335. The molecule has 0 bridgehead atoms. The molecule has 2 aliphatic rings. The van der Waals surface area contributed by atoms with E-state index in [-0.39, 0.29) is 11.9 Å². The first-order chi connectivity index (χ1) is 5.72. The lowest BCUT2D eigenvalue weighted by Gasteiger charge is -2.37. The summed E-state index contributed by atoms with van der Waals surface area (Å²) in [5.74, 6) is -0.0320. The van der Waals surface area contributed by atoms with E-state index >= 15 is 0 Å². The molecule has 1 unspecified atom stereocenters. The second-order valence-corrected chi connectivity index (χ2v) is 3.90. The van der Waals surface area contributed by atoms with Gasteiger partial charge in [-0.15, -0.1) is 0 Å². The first-order valence-corrected chi connectivity index (χ1v) is 4.68. The number of rotatable bonds is 0. The van der Waals surface area contributed by atoms with Crippen molar-refractivity contribution in [2.24, 2.45) is 5.92 Å². The highest BCUT2D eigenvalue weighted by Crippen LogP contribution is 2.38. The summed E-state index contributed by atoms with van der Waals surface area (Å²) in [7, 11) is 0. The summed E-state index contributed by atoms with van der Waals surface area (Å²) in [4.78, 5) is 0. The summed E-state index contributed by atoms with van der Waals surface area (Å²) in [5, 5.41) is 9.51. The molecule has 0 amide bonds. The molecular weight excluding hydrogens is 156 g/mol. The molecule has 12 heavy (non-hydrogen) atoms. The Bertz CT molecular complexity index is 163. The monoisotopic (exact) mass is 172 g/mol. The average molecular weight is 172 g/mol. The fourth-order valence-corrected chi connectivity index (χ4v) is 2.14. The van der Waals surface area contributed by atoms with E-state index in [9.17, 15) is 5.11 Å². The van der Waals surface area contributed by atoms with Crippen LogP contribution in [0.4, 0.5) is 0 Å². The molecular formula is C9H16O3. The number of ether oxygens (including phenoxy) is 2. The molecule has 1 N–H and O–H groups in total. The van der Waals surface area contributed by atoms with Crippen LogP contribution in [0.1, 0.15) is 26.2 Å². The summed E-state index contributed by atoms with van der Waals surface area (Å²) < 4.78 is 11.1. The zero-order valence-electron chi connectivity index (χ0n) is 7.45. The summed E-state index contributed by atoms with van der Waals surface area (Å²) in [6.45, 7) is 3.47. The van der Waals surface area contributed by atoms with Crippen molar-refractivity contribution in [1.29, 1.82) is 0 Å². The van der Waals surface area contributed by atoms with Gasteiger partial charge in [-0.1, -0.05) is 6.92 Å². The van der Waals surface area contributed by atoms with Crippen molar-refractivity contribution in [3.05, 3.63) is 0 Å². The zero-order valence-corrected chi connectivity index (χ0v) is 7.45. The van der Waals surface area contributed by atoms with Gasteiger partial charge in [0.15, 0.2) is 5.79 Å². The Morgan fingerprint density at radius 3 is 2.58 bits per heavy atom. The number of aliphatic hydroxyl groups excluding tert-OH is 1. The lowest BCUT2D eigenvalue weighted by Crippen LogP contribution is -2.41. The molecule has 0 radical (unpaired) electrons. The van der Waals surface area contributed by atoms with Gasteiger partial charge in [0.1, 0.15) is 0 Å². The van der Waals surface area contributed by atoms with Gasteiger partial charge in [-0.3, -0.25) is 0 Å². The van der Waals surface area contributed by atoms with Crippen LogP contribution in [-0.2, 0) is 9.47 Å². The highest BCUT2D eigenvalue weighted by molar-refractivity contribution is 4.85. The molecule has 2 fully saturated rings. The van der Waals surface area contributed by atoms with Crippen LogP contribution >= 0.6 is 0 Å². The van der Waals surface area contributed by atoms with Crippen LogP contribution in [0.5, 0.6) is 0 Å². The maximum atomic E-state index is 9.51. The van der Waals surface area contributed by atoms with Crippen LogP contribution in [0, 0.1) is 5.92 Å². The van der Waals surface area contributed by atoms with Gasteiger partial charge in [0.25, 0.3) is 0 Å². The molecule has 2 atom stereocenters. The zero-order chi connectivity index (χ0) is 8.60. The molecule has 2 rings (SSSR count). The molecule has 0 aromatic heterocycles. The van der Waals surface area contributed by atoms with Crippen LogP contribution in [0.25, 0.3) is 0 Å². The third kappa shape index (κ3) is 1.37. The Morgan fingerprint density at radius 1 is 1.33 bits per heavy atom. The first-order valence-electron chi connectivity index (χ1n) is 4.68. The van der Waals surface area contributed by atoms with Crippen LogP contribution in [0.15, 0.2) is 0 Å². The van der Waals surface area contributed by atoms with Crippen molar-refractivity contribution in [1.82, 2.24) is 0 Å². The predicted octanol–water partition coefficient (Wildman–Crippen LogP) is 0.910. The van der Waals surface area contributed by atoms with Gasteiger partial charge in [-0.25, -0.2) is 0 Å². The fourth-order valence-electron chi connectivity index (χ4n) is 2.14. The van der Waals surface area contributed by atoms with E-state index in [0.29, 0.717) is 19.1 Å². The topological polar surface area (TPSA) is 38.7 Å². The second-order valence-electron chi connectivity index (χ2n) is 3.90. The van der Waals surface area contributed by atoms with Gasteiger partial charge in [-0.2, -0.15) is 0 Å². The van der Waals surface area contributed by atoms with Gasteiger partial charge in [0, 0.05) is 12.8 Å². The predicted molar refractivity (Wildman–Crippen MR) is 43.7 cm³/mol. The van der Waals surface area contributed by atoms with Crippen molar-refractivity contribution in [2.75, 3.05) is 13.2 Å². The Hall–Kier alpha value is -0.120. The molecule has 0 aromatic rings. The Kier molecular flexibility index (Phi) is 2.10. The second kappa shape index (κ2) is 2.98. The molecule has 1 aliphatic carbocycles. The standard InChI is InChI=1S/C9H16O3/c1-7-6-9(3-2-8(7)10)11-4-5-12-9/h7-8,10H,2-6H2,1H3/t7?,8-/m0/s1. The minimum absolute atomic E-state index is 0.163. The number of hydrogen-bond donors (Lipinski definition) is 1. The van der Waals surface area contributed by atoms with Crippen molar-refractivity contribution in [3.63, 3.8) is 0 Å². The molecule has 3 heteroatoms. The summed E-state index contributed by atoms with van der Waals surface area (Å²) in [6, 6.07) is 0. The molecule has 1 saturated heterocycles. The van der Waals surface area contributed by atoms with Crippen molar-refractivity contribution in [3.8, 4) is 0 Å². The lowest BCUT2D eigenvalue weighted by molar-refractivity contribution is -0.200. The maximum Gasteiger partial charge on any atom is 0.168 e. The normalized spacial score (nSPS) is 40.5. The van der Waals surface area contributed by atoms with Gasteiger partial charge < -0.3 is 14.6 Å². The van der Waals surface area contributed by atoms with Gasteiger partial charge in [0.05, 0.1) is 19.3 Å². The third-order valence-corrected chi connectivity index (χ3v) is 2.92. The van der Waals surface area contributed by atoms with Crippen LogP contribution in [0.2, 0.25) is 0 Å². The van der Waals surface area contributed by atoms with Crippen molar-refractivity contribution >= 4 is 0 Å². The molecule has 1 heterocycles. The van der Waals surface area contributed by atoms with E-state index in [0.717, 1.165) is 19.3 Å². The summed E-state index contributed by atoms with van der Waals surface area (Å²) in [5.41, 5.74) is 0. The number of aliphatic hydroxyl groups is 1. The number of hydrogen-bond acceptors (Lipinski definition) is 3. The highest BCUT2D eigenvalue weighted by Gasteiger charge is 2.42. The van der Waals surface area contributed by atoms with E-state index in [2.05, 4.69) is 6.92 Å². The lowest BCUT2D eigenvalue weighted by atomic mass is 9.84. The smallest absolute Gasteiger partial charge is 0.168 e. The largest absolute Gasteiger partial charge is 0.393 e. The van der Waals surface area contributed by atoms with Gasteiger partial charge >= 0.3 is 0 Å². The Labute approximate surface area is 72.7 Å². The van der Waals surface area contributed by atoms with Crippen molar-refractivity contribution in [2.45, 2.75) is 38.1 Å². The van der Waals surface area contributed by atoms with E-state index in [1.807, 2.05) is 0 Å². The average Bonchev–Trinajstić information content (AvgIpc) is 2.47. The Balaban J connectivity index is 2.01. The van der Waals surface area contributed by atoms with Crippen molar-refractivity contribution < 1.29 is 14.6 Å². The molecule has 0 aromatic carbocycles. The van der Waals surface area contributed by atoms with E-state index in [1.165, 1.54) is 0 Å². The van der Waals surface area contributed by atoms with Crippen LogP contribution in [0.3, 0.4) is 0 Å².